The highest BCUT2D eigenvalue weighted by Gasteiger charge is 2.12. The number of hydrogen-bond donors (Lipinski definition) is 1. The molecule has 0 atom stereocenters. The van der Waals surface area contributed by atoms with Crippen LogP contribution in [0.1, 0.15) is 5.76 Å². The molecule has 5 nitrogen and oxygen atoms in total. The molecule has 0 spiro atoms. The Hall–Kier alpha value is -3.06. The first-order valence-electron chi connectivity index (χ1n) is 8.25. The van der Waals surface area contributed by atoms with E-state index in [9.17, 15) is 4.39 Å². The van der Waals surface area contributed by atoms with Crippen molar-refractivity contribution in [2.45, 2.75) is 10.9 Å². The molecule has 2 aromatic heterocycles. The fraction of sp³-hybridized carbons (Fsp3) is 0.100. The molecule has 0 amide bonds. The number of aromatic nitrogens is 3. The number of hydrogen-bond acceptors (Lipinski definition) is 5. The lowest BCUT2D eigenvalue weighted by Crippen LogP contribution is -1.86. The number of benzene rings is 2. The summed E-state index contributed by atoms with van der Waals surface area (Å²) in [5, 5.41) is 4.89. The summed E-state index contributed by atoms with van der Waals surface area (Å²) in [6.07, 6.45) is 1.73. The Morgan fingerprint density at radius 3 is 2.78 bits per heavy atom. The number of halogens is 1. The second-order valence-electron chi connectivity index (χ2n) is 5.78. The zero-order valence-corrected chi connectivity index (χ0v) is 15.3. The van der Waals surface area contributed by atoms with Crippen LogP contribution in [0.5, 0.6) is 5.75 Å². The highest BCUT2D eigenvalue weighted by molar-refractivity contribution is 7.98. The molecule has 7 heteroatoms. The molecule has 0 aliphatic heterocycles. The van der Waals surface area contributed by atoms with Gasteiger partial charge in [0.1, 0.15) is 23.0 Å². The van der Waals surface area contributed by atoms with Crippen molar-refractivity contribution in [1.29, 1.82) is 0 Å². The second-order valence-corrected chi connectivity index (χ2v) is 6.74. The predicted molar refractivity (Wildman–Crippen MR) is 102 cm³/mol. The molecule has 27 heavy (non-hydrogen) atoms. The number of imidazole rings is 1. The van der Waals surface area contributed by atoms with Crippen molar-refractivity contribution in [3.05, 3.63) is 72.4 Å². The lowest BCUT2D eigenvalue weighted by Gasteiger charge is -2.03. The third-order valence-corrected chi connectivity index (χ3v) is 4.91. The van der Waals surface area contributed by atoms with Crippen molar-refractivity contribution < 1.29 is 13.7 Å². The van der Waals surface area contributed by atoms with Crippen molar-refractivity contribution in [3.63, 3.8) is 0 Å². The Balaban J connectivity index is 1.44. The minimum Gasteiger partial charge on any atom is -0.496 e. The van der Waals surface area contributed by atoms with E-state index in [4.69, 9.17) is 9.26 Å². The van der Waals surface area contributed by atoms with Gasteiger partial charge in [0.25, 0.3) is 0 Å². The Kier molecular flexibility index (Phi) is 4.93. The molecule has 0 unspecified atom stereocenters. The summed E-state index contributed by atoms with van der Waals surface area (Å²) in [7, 11) is 1.63. The molecule has 4 rings (SSSR count). The summed E-state index contributed by atoms with van der Waals surface area (Å²) in [5.74, 6) is 1.81. The second kappa shape index (κ2) is 7.67. The summed E-state index contributed by atoms with van der Waals surface area (Å²) in [4.78, 5) is 7.58. The Morgan fingerprint density at radius 2 is 1.96 bits per heavy atom. The molecular formula is C20H16FN3O2S. The molecule has 2 aromatic carbocycles. The maximum atomic E-state index is 13.0. The SMILES string of the molecule is COc1ccccc1-c1cc(CSc2ncc(-c3ccc(F)cc3)[nH]2)on1. The van der Waals surface area contributed by atoms with Crippen LogP contribution in [-0.4, -0.2) is 22.2 Å². The molecule has 136 valence electrons. The number of aromatic amines is 1. The molecule has 0 aliphatic rings. The number of para-hydroxylation sites is 1. The fourth-order valence-corrected chi connectivity index (χ4v) is 3.38. The summed E-state index contributed by atoms with van der Waals surface area (Å²) in [6.45, 7) is 0. The zero-order chi connectivity index (χ0) is 18.6. The highest BCUT2D eigenvalue weighted by Crippen LogP contribution is 2.31. The lowest BCUT2D eigenvalue weighted by molar-refractivity contribution is 0.395. The number of thioether (sulfide) groups is 1. The van der Waals surface area contributed by atoms with Gasteiger partial charge < -0.3 is 14.2 Å². The number of rotatable bonds is 6. The van der Waals surface area contributed by atoms with E-state index in [1.165, 1.54) is 23.9 Å². The van der Waals surface area contributed by atoms with Crippen LogP contribution in [0.3, 0.4) is 0 Å². The number of methoxy groups -OCH3 is 1. The van der Waals surface area contributed by atoms with Crippen molar-refractivity contribution in [1.82, 2.24) is 15.1 Å². The van der Waals surface area contributed by atoms with Crippen molar-refractivity contribution >= 4 is 11.8 Å². The van der Waals surface area contributed by atoms with Crippen LogP contribution >= 0.6 is 11.8 Å². The van der Waals surface area contributed by atoms with Crippen LogP contribution in [0.15, 0.2) is 70.5 Å². The van der Waals surface area contributed by atoms with E-state index in [1.54, 1.807) is 25.4 Å². The topological polar surface area (TPSA) is 63.9 Å². The first-order valence-corrected chi connectivity index (χ1v) is 9.24. The molecule has 0 radical (unpaired) electrons. The standard InChI is InChI=1S/C20H16FN3O2S/c1-25-19-5-3-2-4-16(19)17-10-15(26-24-17)12-27-20-22-11-18(23-20)13-6-8-14(21)9-7-13/h2-11H,12H2,1H3,(H,22,23). The van der Waals surface area contributed by atoms with E-state index in [-0.39, 0.29) is 5.82 Å². The van der Waals surface area contributed by atoms with E-state index >= 15 is 0 Å². The highest BCUT2D eigenvalue weighted by atomic mass is 32.2. The van der Waals surface area contributed by atoms with E-state index in [0.29, 0.717) is 5.75 Å². The van der Waals surface area contributed by atoms with Gasteiger partial charge in [-0.05, 0) is 42.0 Å². The van der Waals surface area contributed by atoms with Gasteiger partial charge in [-0.1, -0.05) is 29.1 Å². The van der Waals surface area contributed by atoms with Gasteiger partial charge in [0.05, 0.1) is 24.8 Å². The van der Waals surface area contributed by atoms with Gasteiger partial charge in [0.15, 0.2) is 5.16 Å². The molecule has 0 aliphatic carbocycles. The number of H-pyrrole nitrogens is 1. The molecule has 0 saturated heterocycles. The normalized spacial score (nSPS) is 10.9. The Bertz CT molecular complexity index is 1040. The molecular weight excluding hydrogens is 365 g/mol. The molecule has 2 heterocycles. The monoisotopic (exact) mass is 381 g/mol. The van der Waals surface area contributed by atoms with Crippen LogP contribution in [0.2, 0.25) is 0 Å². The predicted octanol–water partition coefficient (Wildman–Crippen LogP) is 5.17. The van der Waals surface area contributed by atoms with Crippen LogP contribution in [0.25, 0.3) is 22.5 Å². The third-order valence-electron chi connectivity index (χ3n) is 4.00. The molecule has 0 bridgehead atoms. The van der Waals surface area contributed by atoms with Gasteiger partial charge in [-0.3, -0.25) is 0 Å². The first-order chi connectivity index (χ1) is 13.2. The van der Waals surface area contributed by atoms with Crippen LogP contribution < -0.4 is 4.74 Å². The van der Waals surface area contributed by atoms with Crippen LogP contribution in [-0.2, 0) is 5.75 Å². The van der Waals surface area contributed by atoms with E-state index in [1.807, 2.05) is 30.3 Å². The largest absolute Gasteiger partial charge is 0.496 e. The van der Waals surface area contributed by atoms with Gasteiger partial charge in [0, 0.05) is 11.6 Å². The minimum absolute atomic E-state index is 0.260. The van der Waals surface area contributed by atoms with E-state index in [0.717, 1.165) is 39.2 Å². The van der Waals surface area contributed by atoms with Crippen LogP contribution in [0.4, 0.5) is 4.39 Å². The van der Waals surface area contributed by atoms with Gasteiger partial charge in [-0.2, -0.15) is 0 Å². The summed E-state index contributed by atoms with van der Waals surface area (Å²) < 4.78 is 23.8. The van der Waals surface area contributed by atoms with Gasteiger partial charge >= 0.3 is 0 Å². The maximum absolute atomic E-state index is 13.0. The summed E-state index contributed by atoms with van der Waals surface area (Å²) >= 11 is 1.50. The summed E-state index contributed by atoms with van der Waals surface area (Å²) in [5.41, 5.74) is 3.34. The fourth-order valence-electron chi connectivity index (χ4n) is 2.66. The van der Waals surface area contributed by atoms with Gasteiger partial charge in [-0.15, -0.1) is 0 Å². The van der Waals surface area contributed by atoms with E-state index < -0.39 is 0 Å². The van der Waals surface area contributed by atoms with E-state index in [2.05, 4.69) is 15.1 Å². The smallest absolute Gasteiger partial charge is 0.166 e. The van der Waals surface area contributed by atoms with Crippen LogP contribution in [0, 0.1) is 5.82 Å². The van der Waals surface area contributed by atoms with Gasteiger partial charge in [0.2, 0.25) is 0 Å². The number of ether oxygens (including phenoxy) is 1. The zero-order valence-electron chi connectivity index (χ0n) is 14.5. The third kappa shape index (κ3) is 3.88. The minimum atomic E-state index is -0.260. The molecule has 0 fully saturated rings. The van der Waals surface area contributed by atoms with Crippen molar-refractivity contribution in [3.8, 4) is 28.3 Å². The first kappa shape index (κ1) is 17.4. The molecule has 4 aromatic rings. The molecule has 1 N–H and O–H groups in total. The Labute approximate surface area is 159 Å². The average molecular weight is 381 g/mol. The Morgan fingerprint density at radius 1 is 1.15 bits per heavy atom. The number of nitrogens with one attached hydrogen (secondary N) is 1. The molecule has 0 saturated carbocycles. The number of nitrogens with zero attached hydrogens (tertiary/aromatic N) is 2. The summed E-state index contributed by atoms with van der Waals surface area (Å²) in [6, 6.07) is 15.9. The van der Waals surface area contributed by atoms with Gasteiger partial charge in [-0.25, -0.2) is 9.37 Å². The van der Waals surface area contributed by atoms with Crippen molar-refractivity contribution in [2.24, 2.45) is 0 Å². The average Bonchev–Trinajstić information content (AvgIpc) is 3.36. The quantitative estimate of drug-likeness (QED) is 0.467. The van der Waals surface area contributed by atoms with Crippen molar-refractivity contribution in [2.75, 3.05) is 7.11 Å². The lowest BCUT2D eigenvalue weighted by atomic mass is 10.1. The maximum Gasteiger partial charge on any atom is 0.166 e.